The van der Waals surface area contributed by atoms with Crippen LogP contribution in [0.3, 0.4) is 0 Å². The van der Waals surface area contributed by atoms with E-state index in [9.17, 15) is 9.59 Å². The van der Waals surface area contributed by atoms with Crippen molar-refractivity contribution < 1.29 is 14.3 Å². The van der Waals surface area contributed by atoms with Gasteiger partial charge in [-0.3, -0.25) is 9.59 Å². The third-order valence-corrected chi connectivity index (χ3v) is 3.57. The molecule has 23 heavy (non-hydrogen) atoms. The van der Waals surface area contributed by atoms with Crippen LogP contribution in [0.1, 0.15) is 27.4 Å². The second-order valence-electron chi connectivity index (χ2n) is 5.73. The van der Waals surface area contributed by atoms with E-state index in [1.54, 1.807) is 23.1 Å². The molecule has 1 saturated heterocycles. The molecule has 0 aromatic carbocycles. The first kappa shape index (κ1) is 17.4. The quantitative estimate of drug-likeness (QED) is 0.760. The van der Waals surface area contributed by atoms with E-state index in [0.29, 0.717) is 38.5 Å². The average molecular weight is 320 g/mol. The minimum atomic E-state index is -0.250. The van der Waals surface area contributed by atoms with Gasteiger partial charge in [0.15, 0.2) is 0 Å². The van der Waals surface area contributed by atoms with Crippen molar-refractivity contribution in [1.82, 2.24) is 20.1 Å². The fourth-order valence-corrected chi connectivity index (χ4v) is 2.30. The Balaban J connectivity index is 1.93. The van der Waals surface area contributed by atoms with Gasteiger partial charge in [0, 0.05) is 19.6 Å². The van der Waals surface area contributed by atoms with Crippen LogP contribution in [0.4, 0.5) is 0 Å². The van der Waals surface area contributed by atoms with E-state index in [0.717, 1.165) is 13.0 Å². The van der Waals surface area contributed by atoms with E-state index in [1.165, 1.54) is 0 Å². The summed E-state index contributed by atoms with van der Waals surface area (Å²) in [6.45, 7) is 3.68. The van der Waals surface area contributed by atoms with Crippen LogP contribution in [0.5, 0.6) is 0 Å². The van der Waals surface area contributed by atoms with Crippen LogP contribution in [0.2, 0.25) is 0 Å². The van der Waals surface area contributed by atoms with E-state index in [4.69, 9.17) is 4.74 Å². The highest BCUT2D eigenvalue weighted by molar-refractivity contribution is 5.96. The molecule has 0 unspecified atom stereocenters. The predicted molar refractivity (Wildman–Crippen MR) is 86.5 cm³/mol. The number of amides is 2. The molecule has 2 amide bonds. The van der Waals surface area contributed by atoms with Gasteiger partial charge in [-0.05, 0) is 39.2 Å². The van der Waals surface area contributed by atoms with Gasteiger partial charge in [-0.2, -0.15) is 0 Å². The number of rotatable bonds is 6. The molecule has 126 valence electrons. The van der Waals surface area contributed by atoms with Gasteiger partial charge in [0.25, 0.3) is 11.8 Å². The zero-order chi connectivity index (χ0) is 16.7. The molecule has 2 heterocycles. The molecule has 0 atom stereocenters. The summed E-state index contributed by atoms with van der Waals surface area (Å²) in [5.74, 6) is -0.407. The Hall–Kier alpha value is -1.99. The first-order chi connectivity index (χ1) is 11.1. The van der Waals surface area contributed by atoms with Gasteiger partial charge in [0.1, 0.15) is 11.4 Å². The van der Waals surface area contributed by atoms with Crippen molar-refractivity contribution in [3.8, 4) is 0 Å². The normalized spacial score (nSPS) is 14.8. The van der Waals surface area contributed by atoms with Gasteiger partial charge in [-0.15, -0.1) is 0 Å². The number of hydrogen-bond acceptors (Lipinski definition) is 5. The van der Waals surface area contributed by atoms with E-state index in [-0.39, 0.29) is 17.5 Å². The maximum Gasteiger partial charge on any atom is 0.272 e. The van der Waals surface area contributed by atoms with Gasteiger partial charge < -0.3 is 19.9 Å². The number of aromatic nitrogens is 1. The second-order valence-corrected chi connectivity index (χ2v) is 5.73. The number of pyridine rings is 1. The SMILES string of the molecule is CN(C)CCCNC(=O)c1cccc(C(=O)N2CCOCC2)n1. The minimum Gasteiger partial charge on any atom is -0.378 e. The van der Waals surface area contributed by atoms with Gasteiger partial charge in [0.05, 0.1) is 13.2 Å². The third kappa shape index (κ3) is 5.30. The van der Waals surface area contributed by atoms with Crippen LogP contribution in [-0.2, 0) is 4.74 Å². The summed E-state index contributed by atoms with van der Waals surface area (Å²) in [5, 5.41) is 2.83. The fraction of sp³-hybridized carbons (Fsp3) is 0.562. The molecular formula is C16H24N4O3. The monoisotopic (exact) mass is 320 g/mol. The van der Waals surface area contributed by atoms with Crippen molar-refractivity contribution in [1.29, 1.82) is 0 Å². The van der Waals surface area contributed by atoms with E-state index in [1.807, 2.05) is 14.1 Å². The fourth-order valence-electron chi connectivity index (χ4n) is 2.30. The molecule has 1 aromatic rings. The molecule has 1 aliphatic rings. The Labute approximate surface area is 136 Å². The Morgan fingerprint density at radius 1 is 1.26 bits per heavy atom. The lowest BCUT2D eigenvalue weighted by molar-refractivity contribution is 0.0299. The largest absolute Gasteiger partial charge is 0.378 e. The standard InChI is InChI=1S/C16H24N4O3/c1-19(2)8-4-7-17-15(21)13-5-3-6-14(18-13)16(22)20-9-11-23-12-10-20/h3,5-6H,4,7-12H2,1-2H3,(H,17,21). The van der Waals surface area contributed by atoms with Gasteiger partial charge in [-0.1, -0.05) is 6.07 Å². The van der Waals surface area contributed by atoms with E-state index < -0.39 is 0 Å². The molecule has 7 heteroatoms. The molecule has 1 aromatic heterocycles. The molecule has 7 nitrogen and oxygen atoms in total. The smallest absolute Gasteiger partial charge is 0.272 e. The van der Waals surface area contributed by atoms with Crippen molar-refractivity contribution in [3.63, 3.8) is 0 Å². The summed E-state index contributed by atoms with van der Waals surface area (Å²) in [4.78, 5) is 32.5. The van der Waals surface area contributed by atoms with Crippen molar-refractivity contribution >= 4 is 11.8 Å². The summed E-state index contributed by atoms with van der Waals surface area (Å²) in [6, 6.07) is 4.95. The maximum atomic E-state index is 12.4. The first-order valence-electron chi connectivity index (χ1n) is 7.85. The number of hydrogen-bond donors (Lipinski definition) is 1. The lowest BCUT2D eigenvalue weighted by Crippen LogP contribution is -2.41. The first-order valence-corrected chi connectivity index (χ1v) is 7.85. The highest BCUT2D eigenvalue weighted by Crippen LogP contribution is 2.06. The highest BCUT2D eigenvalue weighted by Gasteiger charge is 2.20. The van der Waals surface area contributed by atoms with Gasteiger partial charge in [-0.25, -0.2) is 4.98 Å². The number of ether oxygens (including phenoxy) is 1. The number of carbonyl (C=O) groups excluding carboxylic acids is 2. The lowest BCUT2D eigenvalue weighted by Gasteiger charge is -2.26. The minimum absolute atomic E-state index is 0.157. The zero-order valence-electron chi connectivity index (χ0n) is 13.7. The van der Waals surface area contributed by atoms with Crippen molar-refractivity contribution in [2.24, 2.45) is 0 Å². The summed E-state index contributed by atoms with van der Waals surface area (Å²) in [5.41, 5.74) is 0.571. The van der Waals surface area contributed by atoms with Crippen LogP contribution in [0.25, 0.3) is 0 Å². The molecule has 0 saturated carbocycles. The average Bonchev–Trinajstić information content (AvgIpc) is 2.58. The van der Waals surface area contributed by atoms with Crippen molar-refractivity contribution in [2.75, 3.05) is 53.5 Å². The summed E-state index contributed by atoms with van der Waals surface area (Å²) in [7, 11) is 3.98. The highest BCUT2D eigenvalue weighted by atomic mass is 16.5. The summed E-state index contributed by atoms with van der Waals surface area (Å²) >= 11 is 0. The van der Waals surface area contributed by atoms with E-state index in [2.05, 4.69) is 15.2 Å². The van der Waals surface area contributed by atoms with Crippen LogP contribution in [0, 0.1) is 0 Å². The molecule has 2 rings (SSSR count). The van der Waals surface area contributed by atoms with Crippen LogP contribution >= 0.6 is 0 Å². The van der Waals surface area contributed by atoms with Crippen LogP contribution in [-0.4, -0.2) is 80.1 Å². The van der Waals surface area contributed by atoms with Gasteiger partial charge in [0.2, 0.25) is 0 Å². The molecule has 0 spiro atoms. The number of morpholine rings is 1. The molecular weight excluding hydrogens is 296 g/mol. The lowest BCUT2D eigenvalue weighted by atomic mass is 10.2. The number of nitrogens with one attached hydrogen (secondary N) is 1. The van der Waals surface area contributed by atoms with E-state index >= 15 is 0 Å². The number of carbonyl (C=O) groups is 2. The number of nitrogens with zero attached hydrogens (tertiary/aromatic N) is 3. The molecule has 1 fully saturated rings. The summed E-state index contributed by atoms with van der Waals surface area (Å²) in [6.07, 6.45) is 0.866. The third-order valence-electron chi connectivity index (χ3n) is 3.57. The molecule has 0 radical (unpaired) electrons. The maximum absolute atomic E-state index is 12.4. The van der Waals surface area contributed by atoms with Crippen LogP contribution < -0.4 is 5.32 Å². The van der Waals surface area contributed by atoms with Crippen molar-refractivity contribution in [2.45, 2.75) is 6.42 Å². The zero-order valence-corrected chi connectivity index (χ0v) is 13.7. The molecule has 1 N–H and O–H groups in total. The Morgan fingerprint density at radius 3 is 2.65 bits per heavy atom. The predicted octanol–water partition coefficient (Wildman–Crippen LogP) is 0.236. The Bertz CT molecular complexity index is 542. The Kier molecular flexibility index (Phi) is 6.49. The second kappa shape index (κ2) is 8.59. The van der Waals surface area contributed by atoms with Gasteiger partial charge >= 0.3 is 0 Å². The molecule has 1 aliphatic heterocycles. The topological polar surface area (TPSA) is 74.8 Å². The van der Waals surface area contributed by atoms with Crippen molar-refractivity contribution in [3.05, 3.63) is 29.6 Å². The van der Waals surface area contributed by atoms with Crippen LogP contribution in [0.15, 0.2) is 18.2 Å². The molecule has 0 aliphatic carbocycles. The Morgan fingerprint density at radius 2 is 1.96 bits per heavy atom. The summed E-state index contributed by atoms with van der Waals surface area (Å²) < 4.78 is 5.24. The molecule has 0 bridgehead atoms.